The lowest BCUT2D eigenvalue weighted by atomic mass is 10.1. The fraction of sp³-hybridized carbons (Fsp3) is 0.571. The van der Waals surface area contributed by atoms with Crippen LogP contribution in [-0.4, -0.2) is 23.1 Å². The van der Waals surface area contributed by atoms with Crippen LogP contribution in [0, 0.1) is 6.92 Å². The smallest absolute Gasteiger partial charge is 0.0488 e. The second-order valence-corrected chi connectivity index (χ2v) is 5.89. The van der Waals surface area contributed by atoms with Gasteiger partial charge in [-0.25, -0.2) is 0 Å². The lowest BCUT2D eigenvalue weighted by Gasteiger charge is -2.06. The van der Waals surface area contributed by atoms with Crippen molar-refractivity contribution >= 4 is 10.8 Å². The Morgan fingerprint density at radius 3 is 2.71 bits per heavy atom. The third-order valence-electron chi connectivity index (χ3n) is 2.73. The minimum Gasteiger partial charge on any atom is -0.317 e. The Hall–Kier alpha value is -0.670. The first-order valence-corrected chi connectivity index (χ1v) is 7.83. The molecule has 1 N–H and O–H groups in total. The minimum absolute atomic E-state index is 0.695. The molecule has 17 heavy (non-hydrogen) atoms. The van der Waals surface area contributed by atoms with E-state index in [1.165, 1.54) is 11.1 Å². The van der Waals surface area contributed by atoms with Gasteiger partial charge in [0, 0.05) is 22.3 Å². The van der Waals surface area contributed by atoms with E-state index in [1.54, 1.807) is 0 Å². The third kappa shape index (κ3) is 5.99. The number of hydrogen-bond donors (Lipinski definition) is 1. The first-order chi connectivity index (χ1) is 8.24. The number of nitrogens with one attached hydrogen (secondary N) is 1. The Kier molecular flexibility index (Phi) is 7.13. The molecule has 1 unspecified atom stereocenters. The van der Waals surface area contributed by atoms with Gasteiger partial charge in [0.2, 0.25) is 0 Å². The topological polar surface area (TPSA) is 29.1 Å². The maximum atomic E-state index is 11.9. The summed E-state index contributed by atoms with van der Waals surface area (Å²) in [7, 11) is -0.727. The summed E-state index contributed by atoms with van der Waals surface area (Å²) in [5, 5.41) is 3.33. The van der Waals surface area contributed by atoms with Crippen LogP contribution in [0.5, 0.6) is 0 Å². The zero-order valence-corrected chi connectivity index (χ0v) is 11.7. The summed E-state index contributed by atoms with van der Waals surface area (Å²) in [4.78, 5) is 0. The highest BCUT2D eigenvalue weighted by Crippen LogP contribution is 2.09. The summed E-state index contributed by atoms with van der Waals surface area (Å²) >= 11 is 0. The lowest BCUT2D eigenvalue weighted by Crippen LogP contribution is -2.18. The van der Waals surface area contributed by atoms with E-state index in [9.17, 15) is 4.21 Å². The SMILES string of the molecule is CCCNCCCS(=O)Cc1ccccc1C. The van der Waals surface area contributed by atoms with Crippen LogP contribution >= 0.6 is 0 Å². The maximum Gasteiger partial charge on any atom is 0.0488 e. The maximum absolute atomic E-state index is 11.9. The summed E-state index contributed by atoms with van der Waals surface area (Å²) in [6, 6.07) is 8.19. The van der Waals surface area contributed by atoms with Gasteiger partial charge in [0.1, 0.15) is 0 Å². The molecule has 0 radical (unpaired) electrons. The molecular weight excluding hydrogens is 230 g/mol. The monoisotopic (exact) mass is 253 g/mol. The Labute approximate surface area is 107 Å². The van der Waals surface area contributed by atoms with Gasteiger partial charge in [0.05, 0.1) is 0 Å². The molecule has 1 aromatic rings. The molecule has 0 bridgehead atoms. The zero-order chi connectivity index (χ0) is 12.5. The van der Waals surface area contributed by atoms with Gasteiger partial charge in [-0.1, -0.05) is 31.2 Å². The third-order valence-corrected chi connectivity index (χ3v) is 4.11. The zero-order valence-electron chi connectivity index (χ0n) is 10.9. The standard InChI is InChI=1S/C14H23NOS/c1-3-9-15-10-6-11-17(16)12-14-8-5-4-7-13(14)2/h4-5,7-8,15H,3,6,9-12H2,1-2H3. The van der Waals surface area contributed by atoms with Crippen molar-refractivity contribution in [2.24, 2.45) is 0 Å². The molecule has 0 heterocycles. The van der Waals surface area contributed by atoms with Crippen molar-refractivity contribution in [1.82, 2.24) is 5.32 Å². The molecule has 0 fully saturated rings. The van der Waals surface area contributed by atoms with Crippen LogP contribution < -0.4 is 5.32 Å². The van der Waals surface area contributed by atoms with Crippen LogP contribution in [0.4, 0.5) is 0 Å². The van der Waals surface area contributed by atoms with Gasteiger partial charge in [0.15, 0.2) is 0 Å². The molecular formula is C14H23NOS. The van der Waals surface area contributed by atoms with Gasteiger partial charge >= 0.3 is 0 Å². The van der Waals surface area contributed by atoms with Gasteiger partial charge in [0.25, 0.3) is 0 Å². The number of hydrogen-bond acceptors (Lipinski definition) is 2. The first kappa shape index (κ1) is 14.4. The molecule has 0 aliphatic carbocycles. The number of aryl methyl sites for hydroxylation is 1. The molecule has 0 spiro atoms. The van der Waals surface area contributed by atoms with E-state index in [-0.39, 0.29) is 0 Å². The van der Waals surface area contributed by atoms with E-state index < -0.39 is 10.8 Å². The van der Waals surface area contributed by atoms with E-state index in [2.05, 4.69) is 31.3 Å². The van der Waals surface area contributed by atoms with Crippen molar-refractivity contribution in [2.75, 3.05) is 18.8 Å². The van der Waals surface area contributed by atoms with Gasteiger partial charge in [-0.2, -0.15) is 0 Å². The first-order valence-electron chi connectivity index (χ1n) is 6.34. The highest BCUT2D eigenvalue weighted by molar-refractivity contribution is 7.84. The summed E-state index contributed by atoms with van der Waals surface area (Å²) in [5.41, 5.74) is 2.46. The molecule has 1 atom stereocenters. The van der Waals surface area contributed by atoms with E-state index in [0.717, 1.165) is 31.7 Å². The molecule has 0 aliphatic rings. The molecule has 0 aliphatic heterocycles. The average molecular weight is 253 g/mol. The molecule has 1 rings (SSSR count). The van der Waals surface area contributed by atoms with Crippen LogP contribution in [0.15, 0.2) is 24.3 Å². The predicted octanol–water partition coefficient (Wildman–Crippen LogP) is 2.63. The van der Waals surface area contributed by atoms with E-state index in [1.807, 2.05) is 12.1 Å². The normalized spacial score (nSPS) is 12.6. The molecule has 0 saturated carbocycles. The molecule has 0 saturated heterocycles. The van der Waals surface area contributed by atoms with E-state index in [4.69, 9.17) is 0 Å². The lowest BCUT2D eigenvalue weighted by molar-refractivity contribution is 0.652. The predicted molar refractivity (Wildman–Crippen MR) is 75.7 cm³/mol. The molecule has 1 aromatic carbocycles. The van der Waals surface area contributed by atoms with Gasteiger partial charge in [-0.15, -0.1) is 0 Å². The van der Waals surface area contributed by atoms with Crippen LogP contribution in [-0.2, 0) is 16.6 Å². The average Bonchev–Trinajstić information content (AvgIpc) is 2.32. The molecule has 3 heteroatoms. The second kappa shape index (κ2) is 8.43. The highest BCUT2D eigenvalue weighted by Gasteiger charge is 2.03. The molecule has 96 valence electrons. The van der Waals surface area contributed by atoms with Gasteiger partial charge in [-0.05, 0) is 44.0 Å². The summed E-state index contributed by atoms with van der Waals surface area (Å²) in [5.74, 6) is 1.49. The van der Waals surface area contributed by atoms with E-state index >= 15 is 0 Å². The van der Waals surface area contributed by atoms with Crippen molar-refractivity contribution in [2.45, 2.75) is 32.4 Å². The molecule has 2 nitrogen and oxygen atoms in total. The van der Waals surface area contributed by atoms with E-state index in [0.29, 0.717) is 5.75 Å². The van der Waals surface area contributed by atoms with Crippen LogP contribution in [0.3, 0.4) is 0 Å². The molecule has 0 aromatic heterocycles. The quantitative estimate of drug-likeness (QED) is 0.722. The van der Waals surface area contributed by atoms with Crippen LogP contribution in [0.1, 0.15) is 30.9 Å². The van der Waals surface area contributed by atoms with Crippen molar-refractivity contribution in [1.29, 1.82) is 0 Å². The number of benzene rings is 1. The van der Waals surface area contributed by atoms with Gasteiger partial charge in [-0.3, -0.25) is 4.21 Å². The van der Waals surface area contributed by atoms with Crippen molar-refractivity contribution in [3.05, 3.63) is 35.4 Å². The Morgan fingerprint density at radius 2 is 2.00 bits per heavy atom. The second-order valence-electron chi connectivity index (χ2n) is 4.32. The fourth-order valence-corrected chi connectivity index (χ4v) is 2.96. The van der Waals surface area contributed by atoms with Crippen molar-refractivity contribution in [3.8, 4) is 0 Å². The van der Waals surface area contributed by atoms with Crippen LogP contribution in [0.2, 0.25) is 0 Å². The summed E-state index contributed by atoms with van der Waals surface area (Å²) in [6.45, 7) is 6.27. The summed E-state index contributed by atoms with van der Waals surface area (Å²) in [6.07, 6.45) is 2.16. The highest BCUT2D eigenvalue weighted by atomic mass is 32.2. The fourth-order valence-electron chi connectivity index (χ4n) is 1.68. The minimum atomic E-state index is -0.727. The van der Waals surface area contributed by atoms with Crippen molar-refractivity contribution in [3.63, 3.8) is 0 Å². The molecule has 0 amide bonds. The van der Waals surface area contributed by atoms with Crippen molar-refractivity contribution < 1.29 is 4.21 Å². The Bertz CT molecular complexity index is 352. The summed E-state index contributed by atoms with van der Waals surface area (Å²) < 4.78 is 11.9. The van der Waals surface area contributed by atoms with Crippen LogP contribution in [0.25, 0.3) is 0 Å². The number of rotatable bonds is 8. The largest absolute Gasteiger partial charge is 0.317 e. The van der Waals surface area contributed by atoms with Gasteiger partial charge < -0.3 is 5.32 Å². The Balaban J connectivity index is 2.23. The Morgan fingerprint density at radius 1 is 1.24 bits per heavy atom.